The molecule has 0 radical (unpaired) electrons. The fourth-order valence-corrected chi connectivity index (χ4v) is 3.34. The number of aromatic nitrogens is 2. The van der Waals surface area contributed by atoms with Crippen molar-refractivity contribution >= 4 is 23.2 Å². The largest absolute Gasteiger partial charge is 0.495 e. The number of halogens is 2. The van der Waals surface area contributed by atoms with Crippen LogP contribution in [-0.4, -0.2) is 30.2 Å². The van der Waals surface area contributed by atoms with E-state index in [0.29, 0.717) is 38.7 Å². The van der Waals surface area contributed by atoms with E-state index < -0.39 is 11.6 Å². The van der Waals surface area contributed by atoms with E-state index in [1.54, 1.807) is 18.2 Å². The topological polar surface area (TPSA) is 106 Å². The highest BCUT2D eigenvalue weighted by atomic mass is 35.5. The molecule has 9 heteroatoms. The maximum atomic E-state index is 6.35. The van der Waals surface area contributed by atoms with Gasteiger partial charge in [0.15, 0.2) is 11.6 Å². The molecule has 148 valence electrons. The van der Waals surface area contributed by atoms with Crippen molar-refractivity contribution in [2.24, 2.45) is 11.5 Å². The normalized spacial score (nSPS) is 20.9. The summed E-state index contributed by atoms with van der Waals surface area (Å²) in [4.78, 5) is 8.62. The predicted octanol–water partition coefficient (Wildman–Crippen LogP) is 2.99. The summed E-state index contributed by atoms with van der Waals surface area (Å²) in [6.07, 6.45) is 10.3. The second-order valence-corrected chi connectivity index (χ2v) is 6.88. The SMILES string of the molecule is COc1cc(OC)c(Cl)c(COc2cnc(C3(N)C=CC=CC3N)nc2)c1Cl. The Morgan fingerprint density at radius 1 is 1.07 bits per heavy atom. The van der Waals surface area contributed by atoms with Crippen LogP contribution < -0.4 is 25.7 Å². The maximum absolute atomic E-state index is 6.35. The van der Waals surface area contributed by atoms with Crippen LogP contribution in [0.4, 0.5) is 0 Å². The number of ether oxygens (including phenoxy) is 3. The molecule has 0 saturated heterocycles. The van der Waals surface area contributed by atoms with Gasteiger partial charge in [-0.25, -0.2) is 9.97 Å². The molecule has 1 heterocycles. The van der Waals surface area contributed by atoms with Crippen molar-refractivity contribution in [3.8, 4) is 17.2 Å². The van der Waals surface area contributed by atoms with E-state index in [9.17, 15) is 0 Å². The summed E-state index contributed by atoms with van der Waals surface area (Å²) in [6.45, 7) is 0.0733. The highest BCUT2D eigenvalue weighted by molar-refractivity contribution is 6.37. The maximum Gasteiger partial charge on any atom is 0.156 e. The zero-order valence-corrected chi connectivity index (χ0v) is 16.9. The summed E-state index contributed by atoms with van der Waals surface area (Å²) in [5.74, 6) is 1.69. The molecule has 3 rings (SSSR count). The Kier molecular flexibility index (Phi) is 6.10. The third-order valence-corrected chi connectivity index (χ3v) is 5.25. The molecule has 0 amide bonds. The molecule has 1 aromatic carbocycles. The molecule has 0 aliphatic heterocycles. The highest BCUT2D eigenvalue weighted by Gasteiger charge is 2.34. The van der Waals surface area contributed by atoms with Gasteiger partial charge in [-0.15, -0.1) is 0 Å². The summed E-state index contributed by atoms with van der Waals surface area (Å²) in [7, 11) is 3.02. The first-order chi connectivity index (χ1) is 13.4. The number of nitrogens with zero attached hydrogens (tertiary/aromatic N) is 2. The molecule has 0 bridgehead atoms. The van der Waals surface area contributed by atoms with Crippen LogP contribution in [-0.2, 0) is 12.1 Å². The lowest BCUT2D eigenvalue weighted by Gasteiger charge is -2.30. The van der Waals surface area contributed by atoms with Crippen molar-refractivity contribution < 1.29 is 14.2 Å². The second-order valence-electron chi connectivity index (χ2n) is 6.12. The molecule has 0 fully saturated rings. The van der Waals surface area contributed by atoms with E-state index in [1.165, 1.54) is 26.6 Å². The first-order valence-corrected chi connectivity index (χ1v) is 9.11. The van der Waals surface area contributed by atoms with E-state index in [2.05, 4.69) is 9.97 Å². The van der Waals surface area contributed by atoms with E-state index in [-0.39, 0.29) is 6.61 Å². The molecule has 2 unspecified atom stereocenters. The molecular weight excluding hydrogens is 403 g/mol. The van der Waals surface area contributed by atoms with Crippen molar-refractivity contribution in [2.75, 3.05) is 14.2 Å². The van der Waals surface area contributed by atoms with Gasteiger partial charge in [-0.05, 0) is 0 Å². The quantitative estimate of drug-likeness (QED) is 0.736. The monoisotopic (exact) mass is 422 g/mol. The number of hydrogen-bond acceptors (Lipinski definition) is 7. The number of allylic oxidation sites excluding steroid dienone is 2. The standard InChI is InChI=1S/C19H20Cl2N4O3/c1-26-13-7-14(27-2)17(21)12(16(13)20)10-28-11-8-24-18(25-9-11)19(23)6-4-3-5-15(19)22/h3-9,15H,10,22-23H2,1-2H3. The van der Waals surface area contributed by atoms with Gasteiger partial charge in [-0.1, -0.05) is 47.5 Å². The zero-order valence-electron chi connectivity index (χ0n) is 15.4. The lowest BCUT2D eigenvalue weighted by molar-refractivity contribution is 0.300. The smallest absolute Gasteiger partial charge is 0.156 e. The highest BCUT2D eigenvalue weighted by Crippen LogP contribution is 2.40. The number of nitrogens with two attached hydrogens (primary N) is 2. The van der Waals surface area contributed by atoms with Crippen LogP contribution in [0.3, 0.4) is 0 Å². The number of hydrogen-bond donors (Lipinski definition) is 2. The summed E-state index contributed by atoms with van der Waals surface area (Å²) < 4.78 is 16.2. The van der Waals surface area contributed by atoms with Gasteiger partial charge in [-0.2, -0.15) is 0 Å². The van der Waals surface area contributed by atoms with E-state index in [0.717, 1.165) is 0 Å². The predicted molar refractivity (Wildman–Crippen MR) is 108 cm³/mol. The van der Waals surface area contributed by atoms with Crippen molar-refractivity contribution in [1.29, 1.82) is 0 Å². The average molecular weight is 423 g/mol. The van der Waals surface area contributed by atoms with E-state index in [1.807, 2.05) is 12.2 Å². The second kappa shape index (κ2) is 8.36. The van der Waals surface area contributed by atoms with Gasteiger partial charge in [0.05, 0.1) is 42.7 Å². The third kappa shape index (κ3) is 3.79. The zero-order chi connectivity index (χ0) is 20.3. The molecule has 1 aliphatic rings. The van der Waals surface area contributed by atoms with Gasteiger partial charge in [0.1, 0.15) is 23.6 Å². The Morgan fingerprint density at radius 2 is 1.68 bits per heavy atom. The number of rotatable bonds is 6. The molecule has 1 aliphatic carbocycles. The Bertz CT molecular complexity index is 890. The molecule has 0 spiro atoms. The summed E-state index contributed by atoms with van der Waals surface area (Å²) in [6, 6.07) is 1.19. The van der Waals surface area contributed by atoms with Crippen molar-refractivity contribution in [2.45, 2.75) is 18.2 Å². The van der Waals surface area contributed by atoms with Crippen LogP contribution in [0, 0.1) is 0 Å². The van der Waals surface area contributed by atoms with Gasteiger partial charge < -0.3 is 25.7 Å². The van der Waals surface area contributed by atoms with Crippen LogP contribution >= 0.6 is 23.2 Å². The van der Waals surface area contributed by atoms with Crippen molar-refractivity contribution in [1.82, 2.24) is 9.97 Å². The fourth-order valence-electron chi connectivity index (χ4n) is 2.73. The molecule has 4 N–H and O–H groups in total. The third-order valence-electron chi connectivity index (χ3n) is 4.42. The van der Waals surface area contributed by atoms with Gasteiger partial charge in [0.25, 0.3) is 0 Å². The van der Waals surface area contributed by atoms with Crippen LogP contribution in [0.2, 0.25) is 10.0 Å². The van der Waals surface area contributed by atoms with Gasteiger partial charge >= 0.3 is 0 Å². The molecule has 7 nitrogen and oxygen atoms in total. The summed E-state index contributed by atoms with van der Waals surface area (Å²) >= 11 is 12.7. The number of methoxy groups -OCH3 is 2. The first-order valence-electron chi connectivity index (χ1n) is 8.35. The van der Waals surface area contributed by atoms with Crippen molar-refractivity contribution in [3.63, 3.8) is 0 Å². The Labute approximate surface area is 172 Å². The van der Waals surface area contributed by atoms with Crippen LogP contribution in [0.25, 0.3) is 0 Å². The number of benzene rings is 1. The lowest BCUT2D eigenvalue weighted by Crippen LogP contribution is -2.52. The minimum atomic E-state index is -0.972. The molecule has 0 saturated carbocycles. The molecule has 1 aromatic heterocycles. The van der Waals surface area contributed by atoms with Crippen LogP contribution in [0.15, 0.2) is 42.8 Å². The molecule has 2 aromatic rings. The Hall–Kier alpha value is -2.32. The van der Waals surface area contributed by atoms with E-state index in [4.69, 9.17) is 48.9 Å². The lowest BCUT2D eigenvalue weighted by atomic mass is 9.87. The van der Waals surface area contributed by atoms with Crippen molar-refractivity contribution in [3.05, 3.63) is 64.2 Å². The summed E-state index contributed by atoms with van der Waals surface area (Å²) in [5.41, 5.74) is 12.0. The minimum absolute atomic E-state index is 0.0733. The molecule has 28 heavy (non-hydrogen) atoms. The molecule has 2 atom stereocenters. The van der Waals surface area contributed by atoms with Gasteiger partial charge in [-0.3, -0.25) is 0 Å². The van der Waals surface area contributed by atoms with Crippen LogP contribution in [0.1, 0.15) is 11.4 Å². The van der Waals surface area contributed by atoms with Gasteiger partial charge in [0.2, 0.25) is 0 Å². The van der Waals surface area contributed by atoms with Crippen LogP contribution in [0.5, 0.6) is 17.2 Å². The van der Waals surface area contributed by atoms with Gasteiger partial charge in [0, 0.05) is 11.6 Å². The first kappa shape index (κ1) is 20.4. The fraction of sp³-hybridized carbons (Fsp3) is 0.263. The average Bonchev–Trinajstić information content (AvgIpc) is 2.71. The Balaban J connectivity index is 1.79. The summed E-state index contributed by atoms with van der Waals surface area (Å²) in [5, 5.41) is 0.689. The molecular formula is C19H20Cl2N4O3. The van der Waals surface area contributed by atoms with E-state index >= 15 is 0 Å². The minimum Gasteiger partial charge on any atom is -0.495 e. The Morgan fingerprint density at radius 3 is 2.21 bits per heavy atom.